The minimum Gasteiger partial charge on any atom is -0.493 e. The minimum atomic E-state index is -3.90. The summed E-state index contributed by atoms with van der Waals surface area (Å²) in [7, 11) is -3.90. The topological polar surface area (TPSA) is 107 Å². The number of carbonyl (C=O) groups is 1. The Morgan fingerprint density at radius 3 is 2.56 bits per heavy atom. The van der Waals surface area contributed by atoms with Crippen molar-refractivity contribution in [1.29, 1.82) is 0 Å². The van der Waals surface area contributed by atoms with Crippen molar-refractivity contribution in [1.82, 2.24) is 4.72 Å². The number of rotatable bonds is 3. The van der Waals surface area contributed by atoms with Crippen LogP contribution >= 0.6 is 0 Å². The van der Waals surface area contributed by atoms with Gasteiger partial charge in [0.15, 0.2) is 0 Å². The third-order valence-electron chi connectivity index (χ3n) is 2.30. The van der Waals surface area contributed by atoms with E-state index in [1.807, 2.05) is 4.72 Å². The van der Waals surface area contributed by atoms with Crippen LogP contribution in [-0.4, -0.2) is 24.6 Å². The third-order valence-corrected chi connectivity index (χ3v) is 3.59. The number of para-hydroxylation sites is 1. The lowest BCUT2D eigenvalue weighted by molar-refractivity contribution is -0.136. The van der Waals surface area contributed by atoms with Crippen molar-refractivity contribution in [2.24, 2.45) is 0 Å². The first-order valence-electron chi connectivity index (χ1n) is 4.93. The van der Waals surface area contributed by atoms with Crippen molar-refractivity contribution in [3.05, 3.63) is 41.9 Å². The van der Waals surface area contributed by atoms with Crippen LogP contribution in [0.5, 0.6) is 0 Å². The second kappa shape index (κ2) is 4.22. The van der Waals surface area contributed by atoms with Crippen molar-refractivity contribution < 1.29 is 23.4 Å². The Labute approximate surface area is 103 Å². The van der Waals surface area contributed by atoms with Crippen molar-refractivity contribution in [3.8, 4) is 0 Å². The Morgan fingerprint density at radius 2 is 2.00 bits per heavy atom. The summed E-state index contributed by atoms with van der Waals surface area (Å²) in [6.07, 6.45) is 0.673. The average Bonchev–Trinajstić information content (AvgIpc) is 2.52. The molecule has 18 heavy (non-hydrogen) atoms. The number of aliphatic hydroxyl groups excluding tert-OH is 1. The van der Waals surface area contributed by atoms with Crippen molar-refractivity contribution in [2.75, 3.05) is 4.31 Å². The quantitative estimate of drug-likeness (QED) is 0.733. The summed E-state index contributed by atoms with van der Waals surface area (Å²) in [5.41, 5.74) is 0.526. The van der Waals surface area contributed by atoms with Gasteiger partial charge in [0.05, 0.1) is 18.3 Å². The van der Waals surface area contributed by atoms with E-state index in [4.69, 9.17) is 5.11 Å². The zero-order chi connectivity index (χ0) is 13.3. The first kappa shape index (κ1) is 12.2. The summed E-state index contributed by atoms with van der Waals surface area (Å²) in [5.74, 6) is -1.58. The molecule has 0 amide bonds. The molecule has 0 saturated carbocycles. The Hall–Kier alpha value is -2.22. The number of aliphatic hydroxyl groups is 1. The normalized spacial score (nSPS) is 17.1. The summed E-state index contributed by atoms with van der Waals surface area (Å²) in [4.78, 5) is 10.7. The SMILES string of the molecule is O=C(O)Cc1ccccc1N1C=C(O)NS1(=O)=O. The van der Waals surface area contributed by atoms with Gasteiger partial charge in [-0.1, -0.05) is 18.2 Å². The number of hydrogen-bond acceptors (Lipinski definition) is 4. The van der Waals surface area contributed by atoms with E-state index in [-0.39, 0.29) is 12.1 Å². The number of hydrogen-bond donors (Lipinski definition) is 3. The lowest BCUT2D eigenvalue weighted by Crippen LogP contribution is -2.30. The van der Waals surface area contributed by atoms with Crippen LogP contribution in [0.3, 0.4) is 0 Å². The number of aliphatic carboxylic acids is 1. The molecule has 96 valence electrons. The maximum Gasteiger partial charge on any atom is 0.330 e. The fraction of sp³-hybridized carbons (Fsp3) is 0.100. The lowest BCUT2D eigenvalue weighted by Gasteiger charge is -2.16. The van der Waals surface area contributed by atoms with Crippen LogP contribution in [0, 0.1) is 0 Å². The molecule has 1 aliphatic rings. The first-order chi connectivity index (χ1) is 8.40. The zero-order valence-corrected chi connectivity index (χ0v) is 9.88. The van der Waals surface area contributed by atoms with Crippen LogP contribution in [0.4, 0.5) is 5.69 Å². The lowest BCUT2D eigenvalue weighted by atomic mass is 10.1. The van der Waals surface area contributed by atoms with E-state index < -0.39 is 22.1 Å². The second-order valence-corrected chi connectivity index (χ2v) is 5.16. The highest BCUT2D eigenvalue weighted by molar-refractivity contribution is 7.91. The molecule has 7 nitrogen and oxygen atoms in total. The predicted molar refractivity (Wildman–Crippen MR) is 63.0 cm³/mol. The maximum atomic E-state index is 11.7. The number of carboxylic acid groups (broad SMARTS) is 1. The van der Waals surface area contributed by atoms with Crippen LogP contribution in [0.15, 0.2) is 36.3 Å². The van der Waals surface area contributed by atoms with E-state index in [0.29, 0.717) is 5.56 Å². The number of carboxylic acids is 1. The summed E-state index contributed by atoms with van der Waals surface area (Å²) >= 11 is 0. The van der Waals surface area contributed by atoms with Crippen molar-refractivity contribution >= 4 is 21.9 Å². The van der Waals surface area contributed by atoms with Gasteiger partial charge in [0.2, 0.25) is 5.88 Å². The zero-order valence-electron chi connectivity index (χ0n) is 9.07. The Bertz CT molecular complexity index is 623. The van der Waals surface area contributed by atoms with E-state index in [2.05, 4.69) is 0 Å². The smallest absolute Gasteiger partial charge is 0.330 e. The molecule has 1 heterocycles. The van der Waals surface area contributed by atoms with Gasteiger partial charge in [0.1, 0.15) is 0 Å². The summed E-state index contributed by atoms with van der Waals surface area (Å²) in [6, 6.07) is 6.18. The monoisotopic (exact) mass is 270 g/mol. The molecule has 0 atom stereocenters. The second-order valence-electron chi connectivity index (χ2n) is 3.62. The van der Waals surface area contributed by atoms with Crippen molar-refractivity contribution in [2.45, 2.75) is 6.42 Å². The largest absolute Gasteiger partial charge is 0.493 e. The molecule has 2 rings (SSSR count). The number of benzene rings is 1. The molecule has 1 aliphatic heterocycles. The molecule has 0 aromatic heterocycles. The summed E-state index contributed by atoms with van der Waals surface area (Å²) in [6.45, 7) is 0. The highest BCUT2D eigenvalue weighted by Gasteiger charge is 2.30. The molecule has 1 aromatic rings. The van der Waals surface area contributed by atoms with Crippen molar-refractivity contribution in [3.63, 3.8) is 0 Å². The highest BCUT2D eigenvalue weighted by Crippen LogP contribution is 2.26. The van der Waals surface area contributed by atoms with Gasteiger partial charge >= 0.3 is 16.2 Å². The molecule has 0 unspecified atom stereocenters. The fourth-order valence-corrected chi connectivity index (χ4v) is 2.72. The Balaban J connectivity index is 2.48. The molecule has 0 bridgehead atoms. The molecule has 0 fully saturated rings. The molecule has 1 aromatic carbocycles. The number of anilines is 1. The standard InChI is InChI=1S/C10H10N2O5S/c13-9-6-12(18(16,17)11-9)8-4-2-1-3-7(8)5-10(14)15/h1-4,6,11,13H,5H2,(H,14,15). The van der Waals surface area contributed by atoms with Crippen LogP contribution in [-0.2, 0) is 21.4 Å². The van der Waals surface area contributed by atoms with Gasteiger partial charge in [-0.15, -0.1) is 0 Å². The summed E-state index contributed by atoms with van der Waals surface area (Å²) < 4.78 is 26.0. The van der Waals surface area contributed by atoms with Gasteiger partial charge < -0.3 is 10.2 Å². The van der Waals surface area contributed by atoms with E-state index in [0.717, 1.165) is 10.5 Å². The van der Waals surface area contributed by atoms with E-state index >= 15 is 0 Å². The molecular formula is C10H10N2O5S. The molecule has 0 saturated heterocycles. The highest BCUT2D eigenvalue weighted by atomic mass is 32.2. The first-order valence-corrected chi connectivity index (χ1v) is 6.37. The molecule has 0 aliphatic carbocycles. The number of nitrogens with one attached hydrogen (secondary N) is 1. The number of nitrogens with zero attached hydrogens (tertiary/aromatic N) is 1. The van der Waals surface area contributed by atoms with Gasteiger partial charge in [-0.25, -0.2) is 9.03 Å². The molecule has 0 spiro atoms. The van der Waals surface area contributed by atoms with E-state index in [1.165, 1.54) is 12.1 Å². The van der Waals surface area contributed by atoms with Gasteiger partial charge in [-0.05, 0) is 11.6 Å². The van der Waals surface area contributed by atoms with Gasteiger partial charge in [0, 0.05) is 0 Å². The van der Waals surface area contributed by atoms with E-state index in [1.54, 1.807) is 12.1 Å². The summed E-state index contributed by atoms with van der Waals surface area (Å²) in [5, 5.41) is 18.0. The van der Waals surface area contributed by atoms with Crippen LogP contribution in [0.2, 0.25) is 0 Å². The fourth-order valence-electron chi connectivity index (χ4n) is 1.63. The van der Waals surface area contributed by atoms with Crippen LogP contribution in [0.1, 0.15) is 5.56 Å². The maximum absolute atomic E-state index is 11.7. The average molecular weight is 270 g/mol. The predicted octanol–water partition coefficient (Wildman–Crippen LogP) is 0.325. The minimum absolute atomic E-state index is 0.191. The van der Waals surface area contributed by atoms with E-state index in [9.17, 15) is 18.3 Å². The molecule has 0 radical (unpaired) electrons. The van der Waals surface area contributed by atoms with Gasteiger partial charge in [-0.3, -0.25) is 4.79 Å². The third kappa shape index (κ3) is 2.23. The van der Waals surface area contributed by atoms with Crippen LogP contribution < -0.4 is 9.03 Å². The van der Waals surface area contributed by atoms with Gasteiger partial charge in [0.25, 0.3) is 0 Å². The molecule has 8 heteroatoms. The van der Waals surface area contributed by atoms with Crippen LogP contribution in [0.25, 0.3) is 0 Å². The Kier molecular flexibility index (Phi) is 2.87. The molecular weight excluding hydrogens is 260 g/mol. The van der Waals surface area contributed by atoms with Gasteiger partial charge in [-0.2, -0.15) is 8.42 Å². The Morgan fingerprint density at radius 1 is 1.33 bits per heavy atom. The molecule has 3 N–H and O–H groups in total.